The summed E-state index contributed by atoms with van der Waals surface area (Å²) in [4.78, 5) is 15.9. The van der Waals surface area contributed by atoms with Gasteiger partial charge in [0.25, 0.3) is 0 Å². The lowest BCUT2D eigenvalue weighted by molar-refractivity contribution is -0.125. The van der Waals surface area contributed by atoms with Crippen molar-refractivity contribution in [3.8, 4) is 0 Å². The number of nitrogens with one attached hydrogen (secondary N) is 3. The van der Waals surface area contributed by atoms with Crippen LogP contribution in [-0.2, 0) is 16.1 Å². The Balaban J connectivity index is 1.82. The Morgan fingerprint density at radius 2 is 2.53 bits per heavy atom. The fraction of sp³-hybridized carbons (Fsp3) is 0.700. The third kappa shape index (κ3) is 3.01. The molecule has 2 unspecified atom stereocenters. The molecule has 2 heterocycles. The quantitative estimate of drug-likeness (QED) is 0.616. The van der Waals surface area contributed by atoms with E-state index in [1.807, 2.05) is 6.92 Å². The standard InChI is InChI=1S/C10H17N5O2/c1-2-11-8-5-17-4-7(8)10(16)12-3-9-13-6-14-15-9/h6-8,11H,2-5H2,1H3,(H,12,16)(H,13,14,15). The molecule has 0 aromatic carbocycles. The molecule has 1 aromatic rings. The number of hydrogen-bond donors (Lipinski definition) is 3. The van der Waals surface area contributed by atoms with E-state index in [4.69, 9.17) is 4.74 Å². The summed E-state index contributed by atoms with van der Waals surface area (Å²) >= 11 is 0. The van der Waals surface area contributed by atoms with Gasteiger partial charge in [0.15, 0.2) is 0 Å². The molecule has 7 heteroatoms. The van der Waals surface area contributed by atoms with E-state index >= 15 is 0 Å². The lowest BCUT2D eigenvalue weighted by atomic mass is 10.0. The molecule has 2 rings (SSSR count). The van der Waals surface area contributed by atoms with E-state index in [1.165, 1.54) is 6.33 Å². The number of aromatic nitrogens is 3. The normalized spacial score (nSPS) is 23.8. The molecule has 7 nitrogen and oxygen atoms in total. The molecular formula is C10H17N5O2. The minimum atomic E-state index is -0.127. The van der Waals surface area contributed by atoms with Crippen LogP contribution in [0, 0.1) is 5.92 Å². The molecule has 1 aliphatic heterocycles. The Labute approximate surface area is 99.3 Å². The summed E-state index contributed by atoms with van der Waals surface area (Å²) in [7, 11) is 0. The summed E-state index contributed by atoms with van der Waals surface area (Å²) < 4.78 is 5.32. The van der Waals surface area contributed by atoms with Crippen molar-refractivity contribution in [1.29, 1.82) is 0 Å². The summed E-state index contributed by atoms with van der Waals surface area (Å²) in [5, 5.41) is 12.5. The molecule has 17 heavy (non-hydrogen) atoms. The summed E-state index contributed by atoms with van der Waals surface area (Å²) in [6.45, 7) is 4.28. The lowest BCUT2D eigenvalue weighted by Gasteiger charge is -2.17. The number of ether oxygens (including phenoxy) is 1. The fourth-order valence-electron chi connectivity index (χ4n) is 1.89. The maximum atomic E-state index is 11.9. The summed E-state index contributed by atoms with van der Waals surface area (Å²) in [6.07, 6.45) is 1.42. The van der Waals surface area contributed by atoms with Crippen molar-refractivity contribution in [2.45, 2.75) is 19.5 Å². The van der Waals surface area contributed by atoms with E-state index in [0.29, 0.717) is 25.6 Å². The highest BCUT2D eigenvalue weighted by molar-refractivity contribution is 5.79. The number of carbonyl (C=O) groups excluding carboxylic acids is 1. The van der Waals surface area contributed by atoms with E-state index in [9.17, 15) is 4.79 Å². The van der Waals surface area contributed by atoms with Crippen molar-refractivity contribution in [3.05, 3.63) is 12.2 Å². The molecule has 0 aliphatic carbocycles. The molecule has 94 valence electrons. The molecule has 1 amide bonds. The molecule has 1 fully saturated rings. The van der Waals surface area contributed by atoms with Gasteiger partial charge in [-0.05, 0) is 6.54 Å². The molecule has 1 saturated heterocycles. The zero-order valence-electron chi connectivity index (χ0n) is 9.77. The molecule has 1 aromatic heterocycles. The zero-order chi connectivity index (χ0) is 12.1. The van der Waals surface area contributed by atoms with Crippen molar-refractivity contribution >= 4 is 5.91 Å². The zero-order valence-corrected chi connectivity index (χ0v) is 9.77. The van der Waals surface area contributed by atoms with Gasteiger partial charge in [0.05, 0.1) is 25.7 Å². The molecule has 3 N–H and O–H groups in total. The van der Waals surface area contributed by atoms with Crippen LogP contribution in [0.25, 0.3) is 0 Å². The second-order valence-electron chi connectivity index (χ2n) is 3.96. The monoisotopic (exact) mass is 239 g/mol. The number of rotatable bonds is 5. The van der Waals surface area contributed by atoms with Gasteiger partial charge in [-0.3, -0.25) is 9.89 Å². The molecular weight excluding hydrogens is 222 g/mol. The van der Waals surface area contributed by atoms with Crippen LogP contribution >= 0.6 is 0 Å². The second-order valence-corrected chi connectivity index (χ2v) is 3.96. The lowest BCUT2D eigenvalue weighted by Crippen LogP contribution is -2.43. The first-order valence-corrected chi connectivity index (χ1v) is 5.74. The van der Waals surface area contributed by atoms with Gasteiger partial charge in [-0.15, -0.1) is 0 Å². The average Bonchev–Trinajstić information content (AvgIpc) is 2.97. The largest absolute Gasteiger partial charge is 0.379 e. The van der Waals surface area contributed by atoms with Crippen LogP contribution in [0.15, 0.2) is 6.33 Å². The average molecular weight is 239 g/mol. The summed E-state index contributed by atoms with van der Waals surface area (Å²) in [6, 6.07) is 0.106. The number of likely N-dealkylation sites (N-methyl/N-ethyl adjacent to an activating group) is 1. The van der Waals surface area contributed by atoms with Gasteiger partial charge < -0.3 is 15.4 Å². The first-order chi connectivity index (χ1) is 8.31. The van der Waals surface area contributed by atoms with Crippen molar-refractivity contribution in [2.75, 3.05) is 19.8 Å². The number of amides is 1. The Bertz CT molecular complexity index is 354. The predicted octanol–water partition coefficient (Wildman–Crippen LogP) is -0.955. The molecule has 0 spiro atoms. The predicted molar refractivity (Wildman–Crippen MR) is 60.0 cm³/mol. The summed E-state index contributed by atoms with van der Waals surface area (Å²) in [5.41, 5.74) is 0. The van der Waals surface area contributed by atoms with Gasteiger partial charge in [-0.25, -0.2) is 4.98 Å². The highest BCUT2D eigenvalue weighted by Crippen LogP contribution is 2.13. The first-order valence-electron chi connectivity index (χ1n) is 5.74. The Hall–Kier alpha value is -1.47. The van der Waals surface area contributed by atoms with E-state index in [1.54, 1.807) is 0 Å². The van der Waals surface area contributed by atoms with Crippen molar-refractivity contribution < 1.29 is 9.53 Å². The van der Waals surface area contributed by atoms with Crippen molar-refractivity contribution in [2.24, 2.45) is 5.92 Å². The molecule has 0 radical (unpaired) electrons. The SMILES string of the molecule is CCNC1COCC1C(=O)NCc1ncn[nH]1. The van der Waals surface area contributed by atoms with Crippen LogP contribution in [0.1, 0.15) is 12.7 Å². The van der Waals surface area contributed by atoms with Gasteiger partial charge >= 0.3 is 0 Å². The fourth-order valence-corrected chi connectivity index (χ4v) is 1.89. The van der Waals surface area contributed by atoms with Gasteiger partial charge in [0.1, 0.15) is 12.2 Å². The maximum Gasteiger partial charge on any atom is 0.227 e. The highest BCUT2D eigenvalue weighted by atomic mass is 16.5. The molecule has 0 saturated carbocycles. The van der Waals surface area contributed by atoms with Crippen LogP contribution in [0.3, 0.4) is 0 Å². The van der Waals surface area contributed by atoms with Crippen LogP contribution in [0.2, 0.25) is 0 Å². The van der Waals surface area contributed by atoms with Gasteiger partial charge in [0.2, 0.25) is 5.91 Å². The summed E-state index contributed by atoms with van der Waals surface area (Å²) in [5.74, 6) is 0.514. The third-order valence-corrected chi connectivity index (χ3v) is 2.78. The van der Waals surface area contributed by atoms with Crippen molar-refractivity contribution in [3.63, 3.8) is 0 Å². The van der Waals surface area contributed by atoms with Gasteiger partial charge in [-0.1, -0.05) is 6.92 Å². The number of hydrogen-bond acceptors (Lipinski definition) is 5. The minimum Gasteiger partial charge on any atom is -0.379 e. The van der Waals surface area contributed by atoms with E-state index in [2.05, 4.69) is 25.8 Å². The smallest absolute Gasteiger partial charge is 0.227 e. The van der Waals surface area contributed by atoms with Crippen LogP contribution < -0.4 is 10.6 Å². The third-order valence-electron chi connectivity index (χ3n) is 2.78. The Morgan fingerprint density at radius 3 is 3.24 bits per heavy atom. The topological polar surface area (TPSA) is 91.9 Å². The highest BCUT2D eigenvalue weighted by Gasteiger charge is 2.33. The van der Waals surface area contributed by atoms with Crippen molar-refractivity contribution in [1.82, 2.24) is 25.8 Å². The maximum absolute atomic E-state index is 11.9. The number of H-pyrrole nitrogens is 1. The van der Waals surface area contributed by atoms with Gasteiger partial charge in [-0.2, -0.15) is 5.10 Å². The number of carbonyl (C=O) groups is 1. The van der Waals surface area contributed by atoms with E-state index in [-0.39, 0.29) is 17.9 Å². The van der Waals surface area contributed by atoms with Crippen LogP contribution in [-0.4, -0.2) is 46.9 Å². The van der Waals surface area contributed by atoms with Gasteiger partial charge in [0, 0.05) is 6.04 Å². The van der Waals surface area contributed by atoms with E-state index < -0.39 is 0 Å². The molecule has 0 bridgehead atoms. The Morgan fingerprint density at radius 1 is 1.65 bits per heavy atom. The minimum absolute atomic E-state index is 0.00940. The number of nitrogens with zero attached hydrogens (tertiary/aromatic N) is 2. The number of aromatic amines is 1. The van der Waals surface area contributed by atoms with Crippen LogP contribution in [0.5, 0.6) is 0 Å². The Kier molecular flexibility index (Phi) is 4.05. The first kappa shape index (κ1) is 12.0. The van der Waals surface area contributed by atoms with Crippen LogP contribution in [0.4, 0.5) is 0 Å². The second kappa shape index (κ2) is 5.74. The molecule has 2 atom stereocenters. The van der Waals surface area contributed by atoms with E-state index in [0.717, 1.165) is 6.54 Å². The molecule has 1 aliphatic rings.